The zero-order chi connectivity index (χ0) is 12.7. The molecule has 0 aliphatic carbocycles. The lowest BCUT2D eigenvalue weighted by Gasteiger charge is -2.02. The number of pyridine rings is 1. The summed E-state index contributed by atoms with van der Waals surface area (Å²) in [5.41, 5.74) is 1.49. The van der Waals surface area contributed by atoms with E-state index in [2.05, 4.69) is 20.9 Å². The summed E-state index contributed by atoms with van der Waals surface area (Å²) in [6, 6.07) is 10.1. The van der Waals surface area contributed by atoms with Crippen molar-refractivity contribution in [2.24, 2.45) is 0 Å². The minimum atomic E-state index is 0.168. The molecular weight excluding hydrogens is 296 g/mol. The average Bonchev–Trinajstić information content (AvgIpc) is 2.69. The third-order valence-corrected chi connectivity index (χ3v) is 3.28. The third-order valence-electron chi connectivity index (χ3n) is 2.73. The number of aromatic hydroxyl groups is 2. The van der Waals surface area contributed by atoms with Crippen LogP contribution in [0, 0.1) is 0 Å². The molecule has 0 saturated heterocycles. The van der Waals surface area contributed by atoms with Crippen LogP contribution in [0.3, 0.4) is 0 Å². The van der Waals surface area contributed by atoms with Gasteiger partial charge in [0, 0.05) is 11.8 Å². The second kappa shape index (κ2) is 4.03. The Bertz CT molecular complexity index is 720. The van der Waals surface area contributed by atoms with E-state index in [0.29, 0.717) is 15.9 Å². The van der Waals surface area contributed by atoms with Gasteiger partial charge in [-0.3, -0.25) is 4.40 Å². The van der Waals surface area contributed by atoms with E-state index in [1.54, 1.807) is 40.8 Å². The molecule has 0 amide bonds. The zero-order valence-electron chi connectivity index (χ0n) is 9.21. The molecule has 0 unspecified atom stereocenters. The van der Waals surface area contributed by atoms with E-state index in [9.17, 15) is 10.2 Å². The van der Waals surface area contributed by atoms with Crippen molar-refractivity contribution >= 4 is 21.4 Å². The molecule has 1 aromatic carbocycles. The second-order valence-corrected chi connectivity index (χ2v) is 4.64. The summed E-state index contributed by atoms with van der Waals surface area (Å²) in [4.78, 5) is 4.39. The maximum atomic E-state index is 9.83. The summed E-state index contributed by atoms with van der Waals surface area (Å²) in [6.45, 7) is 0. The van der Waals surface area contributed by atoms with Gasteiger partial charge in [-0.1, -0.05) is 0 Å². The summed E-state index contributed by atoms with van der Waals surface area (Å²) < 4.78 is 2.38. The van der Waals surface area contributed by atoms with Crippen molar-refractivity contribution in [1.29, 1.82) is 0 Å². The molecule has 3 aromatic rings. The summed E-state index contributed by atoms with van der Waals surface area (Å²) in [6.07, 6.45) is 1.83. The number of nitrogens with zero attached hydrogens (tertiary/aromatic N) is 2. The number of benzene rings is 1. The van der Waals surface area contributed by atoms with Gasteiger partial charge in [0.1, 0.15) is 27.4 Å². The van der Waals surface area contributed by atoms with E-state index >= 15 is 0 Å². The lowest BCUT2D eigenvalue weighted by atomic mass is 10.2. The van der Waals surface area contributed by atoms with Crippen molar-refractivity contribution in [3.8, 4) is 22.9 Å². The SMILES string of the molecule is Oc1ccc(-c2nc(Br)c3c(O)cccn23)cc1. The lowest BCUT2D eigenvalue weighted by molar-refractivity contribution is 0.475. The highest BCUT2D eigenvalue weighted by Crippen LogP contribution is 2.31. The van der Waals surface area contributed by atoms with Crippen LogP contribution in [-0.2, 0) is 0 Å². The monoisotopic (exact) mass is 304 g/mol. The second-order valence-electron chi connectivity index (χ2n) is 3.89. The maximum Gasteiger partial charge on any atom is 0.146 e. The summed E-state index contributed by atoms with van der Waals surface area (Å²) in [5.74, 6) is 1.08. The van der Waals surface area contributed by atoms with Crippen LogP contribution in [0.1, 0.15) is 0 Å². The van der Waals surface area contributed by atoms with Crippen LogP contribution in [0.5, 0.6) is 11.5 Å². The van der Waals surface area contributed by atoms with Crippen LogP contribution in [0.25, 0.3) is 16.9 Å². The van der Waals surface area contributed by atoms with Crippen molar-refractivity contribution in [3.05, 3.63) is 47.2 Å². The molecule has 0 aliphatic heterocycles. The van der Waals surface area contributed by atoms with E-state index in [4.69, 9.17) is 0 Å². The molecule has 2 N–H and O–H groups in total. The first-order valence-electron chi connectivity index (χ1n) is 5.32. The molecule has 4 nitrogen and oxygen atoms in total. The number of phenolic OH excluding ortho intramolecular Hbond substituents is 1. The number of hydrogen-bond acceptors (Lipinski definition) is 3. The molecule has 3 rings (SSSR count). The third kappa shape index (κ3) is 1.64. The number of imidazole rings is 1. The normalized spacial score (nSPS) is 10.9. The van der Waals surface area contributed by atoms with Gasteiger partial charge in [0.05, 0.1) is 0 Å². The lowest BCUT2D eigenvalue weighted by Crippen LogP contribution is -1.88. The predicted octanol–water partition coefficient (Wildman–Crippen LogP) is 3.18. The number of rotatable bonds is 1. The van der Waals surface area contributed by atoms with Gasteiger partial charge >= 0.3 is 0 Å². The van der Waals surface area contributed by atoms with Crippen LogP contribution in [0.2, 0.25) is 0 Å². The van der Waals surface area contributed by atoms with E-state index in [-0.39, 0.29) is 11.5 Å². The first-order valence-corrected chi connectivity index (χ1v) is 6.11. The average molecular weight is 305 g/mol. The van der Waals surface area contributed by atoms with Gasteiger partial charge in [-0.25, -0.2) is 4.98 Å². The molecule has 0 atom stereocenters. The van der Waals surface area contributed by atoms with E-state index < -0.39 is 0 Å². The van der Waals surface area contributed by atoms with Crippen LogP contribution in [0.4, 0.5) is 0 Å². The molecule has 0 saturated carbocycles. The number of fused-ring (bicyclic) bond motifs is 1. The molecule has 2 heterocycles. The van der Waals surface area contributed by atoms with Gasteiger partial charge < -0.3 is 10.2 Å². The topological polar surface area (TPSA) is 57.8 Å². The van der Waals surface area contributed by atoms with Gasteiger partial charge in [0.15, 0.2) is 0 Å². The predicted molar refractivity (Wildman–Crippen MR) is 71.7 cm³/mol. The molecule has 90 valence electrons. The molecule has 0 bridgehead atoms. The minimum Gasteiger partial charge on any atom is -0.508 e. The van der Waals surface area contributed by atoms with Crippen molar-refractivity contribution < 1.29 is 10.2 Å². The highest BCUT2D eigenvalue weighted by molar-refractivity contribution is 9.10. The Morgan fingerprint density at radius 1 is 1.06 bits per heavy atom. The number of hydrogen-bond donors (Lipinski definition) is 2. The standard InChI is InChI=1S/C13H9BrN2O2/c14-12-11-10(18)2-1-7-16(11)13(15-12)8-3-5-9(17)6-4-8/h1-7,17-18H. The number of halogens is 1. The fraction of sp³-hybridized carbons (Fsp3) is 0. The van der Waals surface area contributed by atoms with Gasteiger partial charge in [0.25, 0.3) is 0 Å². The van der Waals surface area contributed by atoms with Crippen molar-refractivity contribution in [2.75, 3.05) is 0 Å². The van der Waals surface area contributed by atoms with Gasteiger partial charge in [-0.05, 0) is 52.3 Å². The van der Waals surface area contributed by atoms with Gasteiger partial charge in [-0.2, -0.15) is 0 Å². The Hall–Kier alpha value is -2.01. The Kier molecular flexibility index (Phi) is 2.48. The summed E-state index contributed by atoms with van der Waals surface area (Å²) in [7, 11) is 0. The largest absolute Gasteiger partial charge is 0.508 e. The Balaban J connectivity index is 2.30. The molecule has 0 spiro atoms. The first kappa shape index (κ1) is 11.1. The number of phenols is 1. The smallest absolute Gasteiger partial charge is 0.146 e. The van der Waals surface area contributed by atoms with Crippen LogP contribution < -0.4 is 0 Å². The Morgan fingerprint density at radius 3 is 2.50 bits per heavy atom. The van der Waals surface area contributed by atoms with Crippen molar-refractivity contribution in [1.82, 2.24) is 9.38 Å². The molecule has 0 aliphatic rings. The summed E-state index contributed by atoms with van der Waals surface area (Å²) in [5, 5.41) is 19.1. The first-order chi connectivity index (χ1) is 8.66. The highest BCUT2D eigenvalue weighted by Gasteiger charge is 2.13. The zero-order valence-corrected chi connectivity index (χ0v) is 10.8. The fourth-order valence-corrected chi connectivity index (χ4v) is 2.45. The summed E-state index contributed by atoms with van der Waals surface area (Å²) >= 11 is 3.34. The van der Waals surface area contributed by atoms with Crippen molar-refractivity contribution in [3.63, 3.8) is 0 Å². The van der Waals surface area contributed by atoms with Crippen LogP contribution in [-0.4, -0.2) is 19.6 Å². The van der Waals surface area contributed by atoms with E-state index in [1.165, 1.54) is 0 Å². The molecule has 5 heteroatoms. The van der Waals surface area contributed by atoms with Gasteiger partial charge in [-0.15, -0.1) is 0 Å². The highest BCUT2D eigenvalue weighted by atomic mass is 79.9. The quantitative estimate of drug-likeness (QED) is 0.726. The maximum absolute atomic E-state index is 9.83. The van der Waals surface area contributed by atoms with E-state index in [0.717, 1.165) is 5.56 Å². The Labute approximate surface area is 111 Å². The molecule has 0 radical (unpaired) electrons. The minimum absolute atomic E-state index is 0.168. The Morgan fingerprint density at radius 2 is 1.78 bits per heavy atom. The van der Waals surface area contributed by atoms with Crippen LogP contribution in [0.15, 0.2) is 47.2 Å². The molecule has 0 fully saturated rings. The van der Waals surface area contributed by atoms with Crippen molar-refractivity contribution in [2.45, 2.75) is 0 Å². The van der Waals surface area contributed by atoms with Crippen LogP contribution >= 0.6 is 15.9 Å². The molecular formula is C13H9BrN2O2. The number of aromatic nitrogens is 2. The van der Waals surface area contributed by atoms with E-state index in [1.807, 2.05) is 6.20 Å². The van der Waals surface area contributed by atoms with Gasteiger partial charge in [0.2, 0.25) is 0 Å². The molecule has 2 aromatic heterocycles. The molecule has 18 heavy (non-hydrogen) atoms. The fourth-order valence-electron chi connectivity index (χ4n) is 1.89.